The van der Waals surface area contributed by atoms with Crippen LogP contribution >= 0.6 is 0 Å². The van der Waals surface area contributed by atoms with Crippen molar-refractivity contribution in [1.29, 1.82) is 0 Å². The molecule has 2 fully saturated rings. The monoisotopic (exact) mass is 459 g/mol. The standard InChI is InChI=1S/C28H33N3O3/c32-26(16-15-21-9-3-1-4-10-21)31-19-17-23(18-20-31)28(34)30-25-14-8-7-13-24(25)29-27(33)22-11-5-2-6-12-22/h1-6,9-12,15-16,23-25H,7-8,13-14,17-20H2,(H,29,33)(H,30,34)/t24-,25-/m1/s1. The third-order valence-electron chi connectivity index (χ3n) is 6.84. The van der Waals surface area contributed by atoms with Gasteiger partial charge in [-0.05, 0) is 49.5 Å². The maximum Gasteiger partial charge on any atom is 0.251 e. The lowest BCUT2D eigenvalue weighted by Crippen LogP contribution is -2.55. The lowest BCUT2D eigenvalue weighted by molar-refractivity contribution is -0.132. The Morgan fingerprint density at radius 3 is 2.00 bits per heavy atom. The molecule has 0 aromatic heterocycles. The molecule has 3 amide bonds. The van der Waals surface area contributed by atoms with Crippen LogP contribution in [0.15, 0.2) is 66.7 Å². The highest BCUT2D eigenvalue weighted by Crippen LogP contribution is 2.22. The van der Waals surface area contributed by atoms with Gasteiger partial charge in [0.15, 0.2) is 0 Å². The Balaban J connectivity index is 1.26. The molecular formula is C28H33N3O3. The first-order valence-electron chi connectivity index (χ1n) is 12.3. The zero-order chi connectivity index (χ0) is 23.8. The van der Waals surface area contributed by atoms with Gasteiger partial charge in [-0.15, -0.1) is 0 Å². The van der Waals surface area contributed by atoms with E-state index in [-0.39, 0.29) is 35.7 Å². The van der Waals surface area contributed by atoms with Gasteiger partial charge in [-0.1, -0.05) is 61.4 Å². The number of hydrogen-bond donors (Lipinski definition) is 2. The molecule has 6 heteroatoms. The van der Waals surface area contributed by atoms with Crippen LogP contribution in [0, 0.1) is 5.92 Å². The van der Waals surface area contributed by atoms with Crippen molar-refractivity contribution in [2.75, 3.05) is 13.1 Å². The lowest BCUT2D eigenvalue weighted by atomic mass is 9.88. The van der Waals surface area contributed by atoms with E-state index in [0.717, 1.165) is 31.2 Å². The number of rotatable bonds is 6. The van der Waals surface area contributed by atoms with Gasteiger partial charge in [-0.25, -0.2) is 0 Å². The number of piperidine rings is 1. The summed E-state index contributed by atoms with van der Waals surface area (Å²) in [6.07, 6.45) is 8.57. The van der Waals surface area contributed by atoms with Gasteiger partial charge in [0.1, 0.15) is 0 Å². The predicted molar refractivity (Wildman–Crippen MR) is 133 cm³/mol. The van der Waals surface area contributed by atoms with Gasteiger partial charge in [0.05, 0.1) is 0 Å². The first-order chi connectivity index (χ1) is 16.6. The Hall–Kier alpha value is -3.41. The van der Waals surface area contributed by atoms with E-state index < -0.39 is 0 Å². The van der Waals surface area contributed by atoms with Crippen molar-refractivity contribution in [3.05, 3.63) is 77.9 Å². The highest BCUT2D eigenvalue weighted by Gasteiger charge is 2.32. The molecule has 1 aliphatic heterocycles. The summed E-state index contributed by atoms with van der Waals surface area (Å²) in [5.74, 6) is -0.173. The molecule has 2 N–H and O–H groups in total. The van der Waals surface area contributed by atoms with Crippen LogP contribution in [0.2, 0.25) is 0 Å². The zero-order valence-corrected chi connectivity index (χ0v) is 19.5. The summed E-state index contributed by atoms with van der Waals surface area (Å²) in [7, 11) is 0. The minimum absolute atomic E-state index is 0.0151. The zero-order valence-electron chi connectivity index (χ0n) is 19.5. The summed E-state index contributed by atoms with van der Waals surface area (Å²) in [5.41, 5.74) is 1.63. The molecule has 4 rings (SSSR count). The molecule has 6 nitrogen and oxygen atoms in total. The Morgan fingerprint density at radius 2 is 1.35 bits per heavy atom. The number of nitrogens with one attached hydrogen (secondary N) is 2. The molecule has 1 aliphatic carbocycles. The first kappa shape index (κ1) is 23.7. The Kier molecular flexibility index (Phi) is 8.12. The van der Waals surface area contributed by atoms with Gasteiger partial charge >= 0.3 is 0 Å². The van der Waals surface area contributed by atoms with E-state index in [1.807, 2.05) is 59.5 Å². The molecule has 1 saturated heterocycles. The summed E-state index contributed by atoms with van der Waals surface area (Å²) in [6.45, 7) is 1.16. The molecule has 1 heterocycles. The van der Waals surface area contributed by atoms with Crippen molar-refractivity contribution < 1.29 is 14.4 Å². The van der Waals surface area contributed by atoms with Crippen LogP contribution in [0.3, 0.4) is 0 Å². The summed E-state index contributed by atoms with van der Waals surface area (Å²) in [4.78, 5) is 40.0. The van der Waals surface area contributed by atoms with Crippen molar-refractivity contribution in [1.82, 2.24) is 15.5 Å². The molecule has 2 atom stereocenters. The highest BCUT2D eigenvalue weighted by atomic mass is 16.2. The second-order valence-electron chi connectivity index (χ2n) is 9.19. The van der Waals surface area contributed by atoms with Gasteiger partial charge in [-0.2, -0.15) is 0 Å². The normalized spacial score (nSPS) is 21.2. The van der Waals surface area contributed by atoms with Crippen molar-refractivity contribution in [2.45, 2.75) is 50.6 Å². The summed E-state index contributed by atoms with van der Waals surface area (Å²) >= 11 is 0. The van der Waals surface area contributed by atoms with Gasteiger partial charge < -0.3 is 15.5 Å². The van der Waals surface area contributed by atoms with E-state index in [9.17, 15) is 14.4 Å². The molecule has 0 bridgehead atoms. The van der Waals surface area contributed by atoms with E-state index in [0.29, 0.717) is 31.5 Å². The number of nitrogens with zero attached hydrogens (tertiary/aromatic N) is 1. The van der Waals surface area contributed by atoms with Crippen LogP contribution in [0.1, 0.15) is 54.4 Å². The molecular weight excluding hydrogens is 426 g/mol. The van der Waals surface area contributed by atoms with Gasteiger partial charge in [0, 0.05) is 42.7 Å². The predicted octanol–water partition coefficient (Wildman–Crippen LogP) is 3.80. The van der Waals surface area contributed by atoms with Crippen molar-refractivity contribution >= 4 is 23.8 Å². The molecule has 34 heavy (non-hydrogen) atoms. The number of carbonyl (C=O) groups is 3. The Labute approximate surface area is 201 Å². The average molecular weight is 460 g/mol. The maximum absolute atomic E-state index is 13.0. The fourth-order valence-corrected chi connectivity index (χ4v) is 4.82. The van der Waals surface area contributed by atoms with Gasteiger partial charge in [-0.3, -0.25) is 14.4 Å². The smallest absolute Gasteiger partial charge is 0.251 e. The van der Waals surface area contributed by atoms with Crippen molar-refractivity contribution in [3.8, 4) is 0 Å². The average Bonchev–Trinajstić information content (AvgIpc) is 2.89. The van der Waals surface area contributed by atoms with Crippen LogP contribution in [-0.2, 0) is 9.59 Å². The van der Waals surface area contributed by atoms with Gasteiger partial charge in [0.25, 0.3) is 5.91 Å². The summed E-state index contributed by atoms with van der Waals surface area (Å²) in [5, 5.41) is 6.34. The molecule has 178 valence electrons. The third kappa shape index (κ3) is 6.34. The van der Waals surface area contributed by atoms with Crippen LogP contribution in [0.5, 0.6) is 0 Å². The topological polar surface area (TPSA) is 78.5 Å². The Morgan fingerprint density at radius 1 is 0.765 bits per heavy atom. The fourth-order valence-electron chi connectivity index (χ4n) is 4.82. The minimum atomic E-state index is -0.102. The maximum atomic E-state index is 13.0. The molecule has 1 saturated carbocycles. The summed E-state index contributed by atoms with van der Waals surface area (Å²) in [6, 6.07) is 18.8. The van der Waals surface area contributed by atoms with Crippen LogP contribution in [-0.4, -0.2) is 47.8 Å². The van der Waals surface area contributed by atoms with E-state index in [2.05, 4.69) is 10.6 Å². The molecule has 2 aliphatic rings. The van der Waals surface area contributed by atoms with E-state index in [1.165, 1.54) is 0 Å². The fraction of sp³-hybridized carbons (Fsp3) is 0.393. The molecule has 2 aromatic carbocycles. The second-order valence-corrected chi connectivity index (χ2v) is 9.19. The SMILES string of the molecule is O=C(N[C@@H]1CCCC[C@H]1NC(=O)C1CCN(C(=O)C=Cc2ccccc2)CC1)c1ccccc1. The second kappa shape index (κ2) is 11.6. The largest absolute Gasteiger partial charge is 0.351 e. The summed E-state index contributed by atoms with van der Waals surface area (Å²) < 4.78 is 0. The van der Waals surface area contributed by atoms with Crippen molar-refractivity contribution in [3.63, 3.8) is 0 Å². The van der Waals surface area contributed by atoms with Crippen LogP contribution in [0.4, 0.5) is 0 Å². The number of likely N-dealkylation sites (tertiary alicyclic amines) is 1. The minimum Gasteiger partial charge on any atom is -0.351 e. The lowest BCUT2D eigenvalue weighted by Gasteiger charge is -2.35. The van der Waals surface area contributed by atoms with E-state index in [1.54, 1.807) is 18.2 Å². The number of carbonyl (C=O) groups excluding carboxylic acids is 3. The van der Waals surface area contributed by atoms with E-state index in [4.69, 9.17) is 0 Å². The number of benzene rings is 2. The highest BCUT2D eigenvalue weighted by molar-refractivity contribution is 5.94. The Bertz CT molecular complexity index is 998. The molecule has 0 radical (unpaired) electrons. The van der Waals surface area contributed by atoms with E-state index >= 15 is 0 Å². The third-order valence-corrected chi connectivity index (χ3v) is 6.84. The molecule has 0 unspecified atom stereocenters. The van der Waals surface area contributed by atoms with Crippen molar-refractivity contribution in [2.24, 2.45) is 5.92 Å². The van der Waals surface area contributed by atoms with Gasteiger partial charge in [0.2, 0.25) is 11.8 Å². The first-order valence-corrected chi connectivity index (χ1v) is 12.3. The number of amides is 3. The number of hydrogen-bond acceptors (Lipinski definition) is 3. The molecule has 0 spiro atoms. The van der Waals surface area contributed by atoms with Crippen LogP contribution < -0.4 is 10.6 Å². The quantitative estimate of drug-likeness (QED) is 0.645. The molecule has 2 aromatic rings. The van der Waals surface area contributed by atoms with Crippen LogP contribution in [0.25, 0.3) is 6.08 Å².